The molecule has 0 aliphatic heterocycles. The van der Waals surface area contributed by atoms with Crippen molar-refractivity contribution in [2.45, 2.75) is 18.2 Å². The van der Waals surface area contributed by atoms with Gasteiger partial charge in [0.2, 0.25) is 0 Å². The van der Waals surface area contributed by atoms with Crippen molar-refractivity contribution in [2.75, 3.05) is 0 Å². The highest BCUT2D eigenvalue weighted by Crippen LogP contribution is 2.29. The van der Waals surface area contributed by atoms with Crippen molar-refractivity contribution >= 4 is 49.5 Å². The van der Waals surface area contributed by atoms with Crippen molar-refractivity contribution in [2.24, 2.45) is 0 Å². The van der Waals surface area contributed by atoms with Gasteiger partial charge in [-0.05, 0) is 77.0 Å². The van der Waals surface area contributed by atoms with Gasteiger partial charge in [0.25, 0.3) is 10.0 Å². The third kappa shape index (κ3) is 3.94. The number of aryl methyl sites for hydroxylation is 1. The highest BCUT2D eigenvalue weighted by atomic mass is 127. The Morgan fingerprint density at radius 3 is 2.48 bits per heavy atom. The molecule has 9 heteroatoms. The van der Waals surface area contributed by atoms with E-state index in [0.717, 1.165) is 9.65 Å². The van der Waals surface area contributed by atoms with Crippen molar-refractivity contribution < 1.29 is 22.7 Å². The summed E-state index contributed by atoms with van der Waals surface area (Å²) in [5, 5.41) is 14.0. The monoisotopic (exact) mass is 550 g/mol. The third-order valence-electron chi connectivity index (χ3n) is 4.99. The van der Waals surface area contributed by atoms with Crippen molar-refractivity contribution in [1.82, 2.24) is 9.19 Å². The average Bonchev–Trinajstić information content (AvgIpc) is 3.15. The van der Waals surface area contributed by atoms with E-state index in [2.05, 4.69) is 5.10 Å². The topological polar surface area (TPSA) is 89.3 Å². The SMILES string of the molecule is Cc1ccc(S(=O)(=O)n2ncc3c(Cc4ccc(I)cc4F)c(C(=O)O)ccc32)cc1. The van der Waals surface area contributed by atoms with Crippen LogP contribution < -0.4 is 0 Å². The molecular formula is C22H16FIN2O4S. The van der Waals surface area contributed by atoms with Gasteiger partial charge in [-0.1, -0.05) is 23.8 Å². The number of benzene rings is 3. The van der Waals surface area contributed by atoms with Gasteiger partial charge < -0.3 is 5.11 Å². The summed E-state index contributed by atoms with van der Waals surface area (Å²) in [5.74, 6) is -1.64. The first kappa shape index (κ1) is 21.4. The van der Waals surface area contributed by atoms with E-state index < -0.39 is 21.8 Å². The number of nitrogens with zero attached hydrogens (tertiary/aromatic N) is 2. The number of aromatic carboxylic acids is 1. The van der Waals surface area contributed by atoms with Crippen LogP contribution in [0.25, 0.3) is 10.9 Å². The Balaban J connectivity index is 1.90. The van der Waals surface area contributed by atoms with Gasteiger partial charge in [0, 0.05) is 15.4 Å². The number of halogens is 2. The molecule has 0 amide bonds. The molecule has 4 aromatic rings. The van der Waals surface area contributed by atoms with Crippen LogP contribution in [0.4, 0.5) is 4.39 Å². The van der Waals surface area contributed by atoms with Crippen molar-refractivity contribution in [3.63, 3.8) is 0 Å². The molecule has 0 unspecified atom stereocenters. The molecule has 6 nitrogen and oxygen atoms in total. The molecule has 4 rings (SSSR count). The molecule has 0 radical (unpaired) electrons. The van der Waals surface area contributed by atoms with E-state index in [1.807, 2.05) is 29.5 Å². The molecule has 3 aromatic carbocycles. The lowest BCUT2D eigenvalue weighted by Crippen LogP contribution is -2.14. The predicted octanol–water partition coefficient (Wildman–Crippen LogP) is 4.61. The highest BCUT2D eigenvalue weighted by Gasteiger charge is 2.24. The van der Waals surface area contributed by atoms with Crippen molar-refractivity contribution in [3.8, 4) is 0 Å². The lowest BCUT2D eigenvalue weighted by atomic mass is 9.96. The Morgan fingerprint density at radius 2 is 1.84 bits per heavy atom. The number of rotatable bonds is 5. The predicted molar refractivity (Wildman–Crippen MR) is 122 cm³/mol. The second kappa shape index (κ2) is 8.04. The summed E-state index contributed by atoms with van der Waals surface area (Å²) in [6.07, 6.45) is 1.30. The van der Waals surface area contributed by atoms with E-state index in [1.54, 1.807) is 24.3 Å². The number of fused-ring (bicyclic) bond motifs is 1. The maximum Gasteiger partial charge on any atom is 0.335 e. The standard InChI is InChI=1S/C22H16FIN2O4S/c1-13-2-6-16(7-3-13)31(29,30)26-21-9-8-17(22(27)28)18(19(21)12-25-26)10-14-4-5-15(24)11-20(14)23/h2-9,11-12H,10H2,1H3,(H,27,28). The smallest absolute Gasteiger partial charge is 0.335 e. The fourth-order valence-corrected chi connectivity index (χ4v) is 5.11. The summed E-state index contributed by atoms with van der Waals surface area (Å²) in [4.78, 5) is 11.9. The Hall–Kier alpha value is -2.79. The van der Waals surface area contributed by atoms with Crippen molar-refractivity contribution in [3.05, 3.63) is 92.4 Å². The largest absolute Gasteiger partial charge is 0.478 e. The van der Waals surface area contributed by atoms with Gasteiger partial charge in [0.05, 0.1) is 22.2 Å². The summed E-state index contributed by atoms with van der Waals surface area (Å²) in [6.45, 7) is 1.85. The molecule has 0 atom stereocenters. The van der Waals surface area contributed by atoms with Gasteiger partial charge >= 0.3 is 5.97 Å². The first-order chi connectivity index (χ1) is 14.7. The summed E-state index contributed by atoms with van der Waals surface area (Å²) in [7, 11) is -3.99. The Bertz CT molecular complexity index is 1430. The van der Waals surface area contributed by atoms with Crippen LogP contribution in [0, 0.1) is 16.3 Å². The van der Waals surface area contributed by atoms with Gasteiger partial charge in [0.1, 0.15) is 5.82 Å². The van der Waals surface area contributed by atoms with Gasteiger partial charge in [-0.2, -0.15) is 17.6 Å². The molecular weight excluding hydrogens is 534 g/mol. The lowest BCUT2D eigenvalue weighted by Gasteiger charge is -2.11. The van der Waals surface area contributed by atoms with E-state index >= 15 is 0 Å². The van der Waals surface area contributed by atoms with E-state index in [9.17, 15) is 22.7 Å². The van der Waals surface area contributed by atoms with Crippen LogP contribution >= 0.6 is 22.6 Å². The molecule has 0 aliphatic carbocycles. The molecule has 0 fully saturated rings. The number of aromatic nitrogens is 2. The zero-order valence-corrected chi connectivity index (χ0v) is 19.2. The highest BCUT2D eigenvalue weighted by molar-refractivity contribution is 14.1. The quantitative estimate of drug-likeness (QED) is 0.367. The number of hydrogen-bond donors (Lipinski definition) is 1. The first-order valence-electron chi connectivity index (χ1n) is 9.17. The molecule has 31 heavy (non-hydrogen) atoms. The summed E-state index contributed by atoms with van der Waals surface area (Å²) >= 11 is 1.99. The maximum atomic E-state index is 14.4. The van der Waals surface area contributed by atoms with Gasteiger partial charge in [-0.25, -0.2) is 9.18 Å². The minimum Gasteiger partial charge on any atom is -0.478 e. The molecule has 1 heterocycles. The number of carbonyl (C=O) groups is 1. The van der Waals surface area contributed by atoms with Crippen LogP contribution in [0.1, 0.15) is 27.0 Å². The van der Waals surface area contributed by atoms with E-state index in [4.69, 9.17) is 0 Å². The molecule has 0 aliphatic rings. The summed E-state index contributed by atoms with van der Waals surface area (Å²) < 4.78 is 42.3. The second-order valence-electron chi connectivity index (χ2n) is 7.05. The van der Waals surface area contributed by atoms with E-state index in [1.165, 1.54) is 36.5 Å². The molecule has 0 saturated carbocycles. The normalized spacial score (nSPS) is 11.7. The van der Waals surface area contributed by atoms with Crippen LogP contribution in [0.3, 0.4) is 0 Å². The molecule has 0 saturated heterocycles. The summed E-state index contributed by atoms with van der Waals surface area (Å²) in [5.41, 5.74) is 1.72. The van der Waals surface area contributed by atoms with E-state index in [0.29, 0.717) is 20.1 Å². The van der Waals surface area contributed by atoms with E-state index in [-0.39, 0.29) is 22.4 Å². The van der Waals surface area contributed by atoms with Gasteiger partial charge in [0.15, 0.2) is 0 Å². The molecule has 0 bridgehead atoms. The van der Waals surface area contributed by atoms with Crippen LogP contribution in [-0.2, 0) is 16.4 Å². The van der Waals surface area contributed by atoms with Gasteiger partial charge in [-0.15, -0.1) is 0 Å². The number of hydrogen-bond acceptors (Lipinski definition) is 4. The molecule has 158 valence electrons. The van der Waals surface area contributed by atoms with Crippen LogP contribution in [0.5, 0.6) is 0 Å². The molecule has 1 N–H and O–H groups in total. The minimum atomic E-state index is -3.99. The Morgan fingerprint density at radius 1 is 1.13 bits per heavy atom. The molecule has 0 spiro atoms. The fourth-order valence-electron chi connectivity index (χ4n) is 3.38. The third-order valence-corrected chi connectivity index (χ3v) is 7.28. The second-order valence-corrected chi connectivity index (χ2v) is 10.1. The van der Waals surface area contributed by atoms with Crippen LogP contribution in [0.2, 0.25) is 0 Å². The number of carboxylic acid groups (broad SMARTS) is 1. The zero-order chi connectivity index (χ0) is 22.3. The van der Waals surface area contributed by atoms with Crippen LogP contribution in [0.15, 0.2) is 65.7 Å². The minimum absolute atomic E-state index is 0.0159. The lowest BCUT2D eigenvalue weighted by molar-refractivity contribution is 0.0696. The maximum absolute atomic E-state index is 14.4. The number of carboxylic acids is 1. The first-order valence-corrected chi connectivity index (χ1v) is 11.7. The zero-order valence-electron chi connectivity index (χ0n) is 16.2. The van der Waals surface area contributed by atoms with Gasteiger partial charge in [-0.3, -0.25) is 0 Å². The van der Waals surface area contributed by atoms with Crippen LogP contribution in [-0.4, -0.2) is 28.7 Å². The Kier molecular flexibility index (Phi) is 5.56. The Labute approximate surface area is 191 Å². The summed E-state index contributed by atoms with van der Waals surface area (Å²) in [6, 6.07) is 13.8. The fraction of sp³-hybridized carbons (Fsp3) is 0.0909. The van der Waals surface area contributed by atoms with Crippen molar-refractivity contribution in [1.29, 1.82) is 0 Å². The molecule has 1 aromatic heterocycles. The average molecular weight is 550 g/mol.